The zero-order valence-electron chi connectivity index (χ0n) is 37.6. The number of hydrogen-bond acceptors (Lipinski definition) is 9. The number of carbonyl (C=O) groups is 4. The van der Waals surface area contributed by atoms with Gasteiger partial charge in [-0.05, 0) is 89.3 Å². The van der Waals surface area contributed by atoms with E-state index in [4.69, 9.17) is 14.2 Å². The minimum Gasteiger partial charge on any atom is -0.497 e. The number of rotatable bonds is 12. The van der Waals surface area contributed by atoms with Gasteiger partial charge < -0.3 is 30.0 Å². The molecule has 3 aliphatic rings. The molecule has 7 atom stereocenters. The van der Waals surface area contributed by atoms with Crippen LogP contribution in [-0.4, -0.2) is 66.7 Å². The average molecular weight is 907 g/mol. The van der Waals surface area contributed by atoms with Crippen molar-refractivity contribution >= 4 is 29.5 Å². The molecule has 68 heavy (non-hydrogen) atoms. The fraction of sp³-hybridized carbons (Fsp3) is 0.214. The molecule has 9 rings (SSSR count). The summed E-state index contributed by atoms with van der Waals surface area (Å²) in [4.78, 5) is 65.4. The molecule has 3 aliphatic heterocycles. The van der Waals surface area contributed by atoms with Crippen molar-refractivity contribution < 1.29 is 38.5 Å². The first kappa shape index (κ1) is 45.2. The number of morpholine rings is 1. The maximum Gasteiger partial charge on any atom is 0.329 e. The third kappa shape index (κ3) is 8.16. The quantitative estimate of drug-likeness (QED) is 0.0634. The number of carbonyl (C=O) groups excluding carboxylic acids is 4. The average Bonchev–Trinajstić information content (AvgIpc) is 3.84. The number of anilines is 1. The van der Waals surface area contributed by atoms with Crippen LogP contribution >= 0.6 is 0 Å². The van der Waals surface area contributed by atoms with Crippen molar-refractivity contribution in [1.82, 2.24) is 15.5 Å². The van der Waals surface area contributed by atoms with E-state index in [-0.39, 0.29) is 25.4 Å². The molecule has 0 aliphatic carbocycles. The molecule has 1 spiro atoms. The van der Waals surface area contributed by atoms with Gasteiger partial charge in [0.2, 0.25) is 11.8 Å². The minimum atomic E-state index is -2.01. The lowest BCUT2D eigenvalue weighted by Crippen LogP contribution is -2.56. The van der Waals surface area contributed by atoms with Gasteiger partial charge in [0, 0.05) is 17.7 Å². The Labute approximate surface area is 395 Å². The molecular weight excluding hydrogens is 857 g/mol. The van der Waals surface area contributed by atoms with E-state index < -0.39 is 65.4 Å². The van der Waals surface area contributed by atoms with Crippen molar-refractivity contribution in [3.63, 3.8) is 0 Å². The van der Waals surface area contributed by atoms with Gasteiger partial charge in [0.15, 0.2) is 0 Å². The molecule has 0 bridgehead atoms. The normalized spacial score (nSPS) is 21.9. The highest BCUT2D eigenvalue weighted by Crippen LogP contribution is 2.66. The van der Waals surface area contributed by atoms with Crippen LogP contribution in [0.4, 0.5) is 10.5 Å². The Morgan fingerprint density at radius 3 is 2.12 bits per heavy atom. The van der Waals surface area contributed by atoms with Crippen molar-refractivity contribution in [3.05, 3.63) is 209 Å². The maximum absolute atomic E-state index is 16.5. The molecule has 2 saturated heterocycles. The summed E-state index contributed by atoms with van der Waals surface area (Å²) in [5.74, 6) is 3.98. The van der Waals surface area contributed by atoms with Crippen molar-refractivity contribution in [2.24, 2.45) is 5.92 Å². The third-order valence-corrected chi connectivity index (χ3v) is 13.0. The lowest BCUT2D eigenvalue weighted by atomic mass is 9.65. The number of cyclic esters (lactones) is 1. The third-order valence-electron chi connectivity index (χ3n) is 13.0. The largest absolute Gasteiger partial charge is 0.497 e. The van der Waals surface area contributed by atoms with Gasteiger partial charge in [-0.15, -0.1) is 6.58 Å². The molecule has 7 unspecified atom stereocenters. The Morgan fingerprint density at radius 2 is 1.44 bits per heavy atom. The second-order valence-electron chi connectivity index (χ2n) is 16.9. The fourth-order valence-electron chi connectivity index (χ4n) is 10.1. The molecule has 12 nitrogen and oxygen atoms in total. The second-order valence-corrected chi connectivity index (χ2v) is 16.9. The molecular formula is C56H50N4O8. The second kappa shape index (κ2) is 19.5. The Bertz CT molecular complexity index is 2900. The van der Waals surface area contributed by atoms with E-state index in [0.29, 0.717) is 39.3 Å². The lowest BCUT2D eigenvalue weighted by molar-refractivity contribution is -0.178. The van der Waals surface area contributed by atoms with Gasteiger partial charge in [-0.3, -0.25) is 19.3 Å². The smallest absolute Gasteiger partial charge is 0.329 e. The topological polar surface area (TPSA) is 147 Å². The summed E-state index contributed by atoms with van der Waals surface area (Å²) >= 11 is 0. The van der Waals surface area contributed by atoms with Gasteiger partial charge in [0.1, 0.15) is 35.7 Å². The predicted octanol–water partition coefficient (Wildman–Crippen LogP) is 7.90. The molecule has 6 aromatic rings. The highest BCUT2D eigenvalue weighted by Gasteiger charge is 2.75. The van der Waals surface area contributed by atoms with Crippen LogP contribution in [0.15, 0.2) is 170 Å². The van der Waals surface area contributed by atoms with E-state index in [1.54, 1.807) is 43.5 Å². The number of urea groups is 1. The summed E-state index contributed by atoms with van der Waals surface area (Å²) in [6.07, 6.45) is 0.616. The molecule has 12 heteroatoms. The van der Waals surface area contributed by atoms with Gasteiger partial charge in [0.25, 0.3) is 0 Å². The monoisotopic (exact) mass is 906 g/mol. The molecule has 3 heterocycles. The first-order chi connectivity index (χ1) is 33.2. The Morgan fingerprint density at radius 1 is 0.794 bits per heavy atom. The standard InChI is InChI=1S/C56H50N4O8/c1-4-31-57-52(62)47-49-53(63)68-50(41-19-12-7-13-20-41)48(40-17-10-6-11-18-40)60(49)51(42-21-14-22-44(35-42)67-33-32-61)56(47)45-34-38(24-23-37-25-28-43(66-3)29-26-37)27-30-46(45)59(54(56)64)55(65)58-36(2)39-15-8-5-9-16-39/h4-22,25-30,34-36,47-51,61H,1,31-33H2,2-3H3,(H,57,62)(H,58,65). The molecule has 0 radical (unpaired) electrons. The van der Waals surface area contributed by atoms with Crippen LogP contribution in [0, 0.1) is 17.8 Å². The number of nitrogens with zero attached hydrogens (tertiary/aromatic N) is 2. The van der Waals surface area contributed by atoms with Crippen LogP contribution in [0.1, 0.15) is 70.1 Å². The number of amides is 4. The van der Waals surface area contributed by atoms with Crippen LogP contribution in [-0.2, 0) is 24.5 Å². The van der Waals surface area contributed by atoms with Crippen molar-refractivity contribution in [3.8, 4) is 23.3 Å². The number of ether oxygens (including phenoxy) is 3. The van der Waals surface area contributed by atoms with Gasteiger partial charge in [-0.1, -0.05) is 121 Å². The number of nitrogens with one attached hydrogen (secondary N) is 2. The Kier molecular flexibility index (Phi) is 12.9. The van der Waals surface area contributed by atoms with Crippen LogP contribution < -0.4 is 25.0 Å². The molecule has 3 N–H and O–H groups in total. The highest BCUT2D eigenvalue weighted by molar-refractivity contribution is 6.24. The van der Waals surface area contributed by atoms with E-state index in [0.717, 1.165) is 16.0 Å². The molecule has 6 aromatic carbocycles. The Balaban J connectivity index is 1.34. The first-order valence-corrected chi connectivity index (χ1v) is 22.5. The summed E-state index contributed by atoms with van der Waals surface area (Å²) in [5.41, 5.74) is 2.51. The van der Waals surface area contributed by atoms with Gasteiger partial charge in [-0.25, -0.2) is 9.69 Å². The van der Waals surface area contributed by atoms with Crippen molar-refractivity contribution in [2.75, 3.05) is 31.8 Å². The van der Waals surface area contributed by atoms with E-state index in [1.165, 1.54) is 6.08 Å². The summed E-state index contributed by atoms with van der Waals surface area (Å²) in [7, 11) is 1.59. The minimum absolute atomic E-state index is 0.0151. The number of fused-ring (bicyclic) bond motifs is 3. The Hall–Kier alpha value is -7.98. The summed E-state index contributed by atoms with van der Waals surface area (Å²) in [6, 6.07) is 43.3. The molecule has 4 amide bonds. The van der Waals surface area contributed by atoms with Gasteiger partial charge in [-0.2, -0.15) is 0 Å². The highest BCUT2D eigenvalue weighted by atomic mass is 16.6. The van der Waals surface area contributed by atoms with Crippen molar-refractivity contribution in [1.29, 1.82) is 0 Å². The van der Waals surface area contributed by atoms with E-state index in [1.807, 2.05) is 133 Å². The van der Waals surface area contributed by atoms with Gasteiger partial charge in [0.05, 0.1) is 43.4 Å². The fourth-order valence-corrected chi connectivity index (χ4v) is 10.1. The maximum atomic E-state index is 16.5. The van der Waals surface area contributed by atoms with Crippen LogP contribution in [0.5, 0.6) is 11.5 Å². The number of esters is 1. The summed E-state index contributed by atoms with van der Waals surface area (Å²) < 4.78 is 17.9. The first-order valence-electron chi connectivity index (χ1n) is 22.5. The molecule has 342 valence electrons. The number of imide groups is 1. The van der Waals surface area contributed by atoms with E-state index in [2.05, 4.69) is 29.1 Å². The van der Waals surface area contributed by atoms with E-state index >= 15 is 19.2 Å². The van der Waals surface area contributed by atoms with E-state index in [9.17, 15) is 5.11 Å². The molecule has 0 aromatic heterocycles. The van der Waals surface area contributed by atoms with Crippen LogP contribution in [0.2, 0.25) is 0 Å². The van der Waals surface area contributed by atoms with Crippen molar-refractivity contribution in [2.45, 2.75) is 42.6 Å². The number of hydrogen-bond donors (Lipinski definition) is 3. The molecule has 0 saturated carbocycles. The predicted molar refractivity (Wildman–Crippen MR) is 257 cm³/mol. The number of aliphatic hydroxyl groups is 1. The number of benzene rings is 6. The zero-order valence-corrected chi connectivity index (χ0v) is 37.6. The van der Waals surface area contributed by atoms with Crippen LogP contribution in [0.3, 0.4) is 0 Å². The number of aliphatic hydroxyl groups excluding tert-OH is 1. The SMILES string of the molecule is C=CCNC(=O)C1C2C(=O)OC(c3ccccc3)C(c3ccccc3)N2C(c2cccc(OCCO)c2)C12C(=O)N(C(=O)NC(C)c1ccccc1)c1ccc(C#Cc3ccc(OC)cc3)cc12. The summed E-state index contributed by atoms with van der Waals surface area (Å²) in [5, 5.41) is 15.8. The number of methoxy groups -OCH3 is 1. The molecule has 2 fully saturated rings. The van der Waals surface area contributed by atoms with Gasteiger partial charge >= 0.3 is 12.0 Å². The lowest BCUT2D eigenvalue weighted by Gasteiger charge is -2.46. The summed E-state index contributed by atoms with van der Waals surface area (Å²) in [6.45, 7) is 5.42. The van der Waals surface area contributed by atoms with Crippen LogP contribution in [0.25, 0.3) is 0 Å². The zero-order chi connectivity index (χ0) is 47.4.